The Morgan fingerprint density at radius 1 is 1.33 bits per heavy atom. The maximum atomic E-state index is 6.00. The standard InChI is InChI=1S/C13H15ClN4/c1-9(11-4-2-10(6-15)3-5-11)18-13-12(14)7-16-8-17-13/h2-5,7-9H,6,15H2,1H3,(H,16,17,18). The van der Waals surface area contributed by atoms with Crippen molar-refractivity contribution in [2.75, 3.05) is 5.32 Å². The molecule has 1 atom stereocenters. The Bertz CT molecular complexity index is 513. The monoisotopic (exact) mass is 262 g/mol. The van der Waals surface area contributed by atoms with Gasteiger partial charge in [-0.1, -0.05) is 35.9 Å². The zero-order valence-electron chi connectivity index (χ0n) is 10.1. The van der Waals surface area contributed by atoms with Gasteiger partial charge >= 0.3 is 0 Å². The molecule has 0 aliphatic carbocycles. The number of anilines is 1. The van der Waals surface area contributed by atoms with Crippen molar-refractivity contribution in [2.24, 2.45) is 5.73 Å². The highest BCUT2D eigenvalue weighted by Crippen LogP contribution is 2.23. The van der Waals surface area contributed by atoms with Gasteiger partial charge in [-0.15, -0.1) is 0 Å². The molecule has 0 spiro atoms. The molecule has 5 heteroatoms. The Kier molecular flexibility index (Phi) is 4.12. The van der Waals surface area contributed by atoms with Crippen LogP contribution in [0.3, 0.4) is 0 Å². The van der Waals surface area contributed by atoms with E-state index < -0.39 is 0 Å². The van der Waals surface area contributed by atoms with Crippen molar-refractivity contribution in [2.45, 2.75) is 19.5 Å². The van der Waals surface area contributed by atoms with Gasteiger partial charge in [0.05, 0.1) is 6.20 Å². The first-order valence-electron chi connectivity index (χ1n) is 5.71. The highest BCUT2D eigenvalue weighted by molar-refractivity contribution is 6.32. The second-order valence-corrected chi connectivity index (χ2v) is 4.44. The Hall–Kier alpha value is -1.65. The van der Waals surface area contributed by atoms with Crippen LogP contribution in [0.4, 0.5) is 5.82 Å². The fraction of sp³-hybridized carbons (Fsp3) is 0.231. The fourth-order valence-electron chi connectivity index (χ4n) is 1.65. The number of nitrogens with zero attached hydrogens (tertiary/aromatic N) is 2. The Labute approximate surface area is 111 Å². The lowest BCUT2D eigenvalue weighted by molar-refractivity contribution is 0.869. The minimum Gasteiger partial charge on any atom is -0.362 e. The topological polar surface area (TPSA) is 63.8 Å². The minimum absolute atomic E-state index is 0.115. The largest absolute Gasteiger partial charge is 0.362 e. The molecule has 2 rings (SSSR count). The highest BCUT2D eigenvalue weighted by Gasteiger charge is 2.08. The van der Waals surface area contributed by atoms with Gasteiger partial charge in [-0.2, -0.15) is 0 Å². The number of nitrogens with two attached hydrogens (primary N) is 1. The van der Waals surface area contributed by atoms with E-state index >= 15 is 0 Å². The summed E-state index contributed by atoms with van der Waals surface area (Å²) in [6.07, 6.45) is 3.04. The maximum Gasteiger partial charge on any atom is 0.148 e. The molecule has 0 aliphatic heterocycles. The van der Waals surface area contributed by atoms with Gasteiger partial charge in [0.25, 0.3) is 0 Å². The third-order valence-electron chi connectivity index (χ3n) is 2.74. The van der Waals surface area contributed by atoms with Crippen molar-refractivity contribution in [1.29, 1.82) is 0 Å². The molecule has 0 bridgehead atoms. The summed E-state index contributed by atoms with van der Waals surface area (Å²) in [5.74, 6) is 0.641. The van der Waals surface area contributed by atoms with Gasteiger partial charge in [0, 0.05) is 12.6 Å². The van der Waals surface area contributed by atoms with E-state index in [1.807, 2.05) is 12.1 Å². The van der Waals surface area contributed by atoms with Gasteiger partial charge in [0.2, 0.25) is 0 Å². The van der Waals surface area contributed by atoms with E-state index in [0.29, 0.717) is 17.4 Å². The number of rotatable bonds is 4. The molecule has 1 aromatic heterocycles. The van der Waals surface area contributed by atoms with E-state index in [4.69, 9.17) is 17.3 Å². The van der Waals surface area contributed by atoms with Crippen molar-refractivity contribution >= 4 is 17.4 Å². The van der Waals surface area contributed by atoms with Gasteiger partial charge in [0.1, 0.15) is 17.2 Å². The summed E-state index contributed by atoms with van der Waals surface area (Å²) in [7, 11) is 0. The molecule has 0 saturated carbocycles. The van der Waals surface area contributed by atoms with Crippen molar-refractivity contribution in [3.05, 3.63) is 52.9 Å². The lowest BCUT2D eigenvalue weighted by Crippen LogP contribution is -2.08. The second kappa shape index (κ2) is 5.80. The van der Waals surface area contributed by atoms with Crippen LogP contribution in [0.25, 0.3) is 0 Å². The Morgan fingerprint density at radius 2 is 2.06 bits per heavy atom. The summed E-state index contributed by atoms with van der Waals surface area (Å²) < 4.78 is 0. The Balaban J connectivity index is 2.11. The highest BCUT2D eigenvalue weighted by atomic mass is 35.5. The average molecular weight is 263 g/mol. The third-order valence-corrected chi connectivity index (χ3v) is 3.01. The summed E-state index contributed by atoms with van der Waals surface area (Å²) >= 11 is 6.00. The molecule has 18 heavy (non-hydrogen) atoms. The fourth-order valence-corrected chi connectivity index (χ4v) is 1.81. The molecule has 0 aliphatic rings. The van der Waals surface area contributed by atoms with E-state index in [-0.39, 0.29) is 6.04 Å². The molecule has 0 fully saturated rings. The quantitative estimate of drug-likeness (QED) is 0.889. The van der Waals surface area contributed by atoms with E-state index in [1.165, 1.54) is 6.33 Å². The number of hydrogen-bond donors (Lipinski definition) is 2. The van der Waals surface area contributed by atoms with Crippen molar-refractivity contribution < 1.29 is 0 Å². The molecular weight excluding hydrogens is 248 g/mol. The summed E-state index contributed by atoms with van der Waals surface area (Å²) in [5, 5.41) is 3.77. The molecule has 1 aromatic carbocycles. The smallest absolute Gasteiger partial charge is 0.148 e. The molecule has 0 radical (unpaired) electrons. The zero-order chi connectivity index (χ0) is 13.0. The number of aromatic nitrogens is 2. The van der Waals surface area contributed by atoms with E-state index in [2.05, 4.69) is 34.3 Å². The lowest BCUT2D eigenvalue weighted by atomic mass is 10.1. The third kappa shape index (κ3) is 2.97. The van der Waals surface area contributed by atoms with Gasteiger partial charge in [-0.25, -0.2) is 9.97 Å². The minimum atomic E-state index is 0.115. The van der Waals surface area contributed by atoms with Crippen molar-refractivity contribution in [1.82, 2.24) is 9.97 Å². The van der Waals surface area contributed by atoms with Crippen molar-refractivity contribution in [3.63, 3.8) is 0 Å². The lowest BCUT2D eigenvalue weighted by Gasteiger charge is -2.15. The summed E-state index contributed by atoms with van der Waals surface area (Å²) in [4.78, 5) is 7.95. The SMILES string of the molecule is CC(Nc1ncncc1Cl)c1ccc(CN)cc1. The predicted molar refractivity (Wildman–Crippen MR) is 73.4 cm³/mol. The second-order valence-electron chi connectivity index (χ2n) is 4.03. The molecular formula is C13H15ClN4. The number of halogens is 1. The number of benzene rings is 1. The number of hydrogen-bond acceptors (Lipinski definition) is 4. The van der Waals surface area contributed by atoms with E-state index in [1.54, 1.807) is 6.20 Å². The first kappa shape index (κ1) is 12.8. The summed E-state index contributed by atoms with van der Waals surface area (Å²) in [5.41, 5.74) is 7.84. The van der Waals surface area contributed by atoms with Gasteiger partial charge in [-0.3, -0.25) is 0 Å². The predicted octanol–water partition coefficient (Wildman–Crippen LogP) is 2.76. The van der Waals surface area contributed by atoms with Crippen LogP contribution >= 0.6 is 11.6 Å². The van der Waals surface area contributed by atoms with Gasteiger partial charge in [0.15, 0.2) is 0 Å². The molecule has 1 heterocycles. The zero-order valence-corrected chi connectivity index (χ0v) is 10.9. The normalized spacial score (nSPS) is 12.2. The first-order valence-corrected chi connectivity index (χ1v) is 6.09. The van der Waals surface area contributed by atoms with Crippen LogP contribution in [-0.4, -0.2) is 9.97 Å². The van der Waals surface area contributed by atoms with Gasteiger partial charge < -0.3 is 11.1 Å². The molecule has 2 aromatic rings. The van der Waals surface area contributed by atoms with Crippen LogP contribution in [0.1, 0.15) is 24.1 Å². The maximum absolute atomic E-state index is 6.00. The number of nitrogens with one attached hydrogen (secondary N) is 1. The molecule has 0 amide bonds. The van der Waals surface area contributed by atoms with Crippen LogP contribution in [0.5, 0.6) is 0 Å². The summed E-state index contributed by atoms with van der Waals surface area (Å²) in [6, 6.07) is 8.26. The van der Waals surface area contributed by atoms with E-state index in [9.17, 15) is 0 Å². The molecule has 94 valence electrons. The van der Waals surface area contributed by atoms with Crippen LogP contribution in [0.2, 0.25) is 5.02 Å². The first-order chi connectivity index (χ1) is 8.70. The van der Waals surface area contributed by atoms with Crippen LogP contribution in [0, 0.1) is 0 Å². The van der Waals surface area contributed by atoms with Crippen LogP contribution in [-0.2, 0) is 6.54 Å². The summed E-state index contributed by atoms with van der Waals surface area (Å²) in [6.45, 7) is 2.61. The molecule has 0 saturated heterocycles. The van der Waals surface area contributed by atoms with Crippen LogP contribution in [0.15, 0.2) is 36.8 Å². The van der Waals surface area contributed by atoms with Gasteiger partial charge in [-0.05, 0) is 18.1 Å². The van der Waals surface area contributed by atoms with E-state index in [0.717, 1.165) is 11.1 Å². The molecule has 1 unspecified atom stereocenters. The average Bonchev–Trinajstić information content (AvgIpc) is 2.41. The Morgan fingerprint density at radius 3 is 2.67 bits per heavy atom. The molecule has 4 nitrogen and oxygen atoms in total. The van der Waals surface area contributed by atoms with Crippen LogP contribution < -0.4 is 11.1 Å². The van der Waals surface area contributed by atoms with Crippen molar-refractivity contribution in [3.8, 4) is 0 Å². The molecule has 3 N–H and O–H groups in total.